The molecule has 0 radical (unpaired) electrons. The molecule has 0 aliphatic rings. The van der Waals surface area contributed by atoms with E-state index in [0.29, 0.717) is 24.0 Å². The lowest BCUT2D eigenvalue weighted by Gasteiger charge is -2.07. The van der Waals surface area contributed by atoms with Crippen molar-refractivity contribution in [1.29, 1.82) is 0 Å². The van der Waals surface area contributed by atoms with Crippen LogP contribution in [0.25, 0.3) is 11.1 Å². The van der Waals surface area contributed by atoms with Crippen LogP contribution in [-0.4, -0.2) is 30.1 Å². The molecule has 0 amide bonds. The maximum Gasteiger partial charge on any atom is 0.379 e. The van der Waals surface area contributed by atoms with Gasteiger partial charge in [0.2, 0.25) is 0 Å². The maximum absolute atomic E-state index is 14.2. The van der Waals surface area contributed by atoms with Crippen LogP contribution in [-0.2, 0) is 14.4 Å². The molecule has 0 heterocycles. The van der Waals surface area contributed by atoms with Crippen molar-refractivity contribution in [3.63, 3.8) is 0 Å². The van der Waals surface area contributed by atoms with Crippen LogP contribution in [0.3, 0.4) is 0 Å². The minimum Gasteiger partial charge on any atom is -0.460 e. The molecule has 7 nitrogen and oxygen atoms in total. The first-order valence-electron chi connectivity index (χ1n) is 7.83. The van der Waals surface area contributed by atoms with Crippen LogP contribution in [0.5, 0.6) is 0 Å². The Labute approximate surface area is 148 Å². The van der Waals surface area contributed by atoms with Crippen LogP contribution in [0.4, 0.5) is 4.39 Å². The van der Waals surface area contributed by atoms with Crippen molar-refractivity contribution in [2.75, 3.05) is 13.2 Å². The number of ether oxygens (including phenoxy) is 1. The number of hydrogen-bond donors (Lipinski definition) is 0. The van der Waals surface area contributed by atoms with Crippen molar-refractivity contribution in [3.8, 4) is 11.1 Å². The summed E-state index contributed by atoms with van der Waals surface area (Å²) in [6.45, 7) is -0.207. The quantitative estimate of drug-likeness (QED) is 0.170. The predicted molar refractivity (Wildman–Crippen MR) is 89.3 cm³/mol. The lowest BCUT2D eigenvalue weighted by molar-refractivity contribution is -0.757. The van der Waals surface area contributed by atoms with Gasteiger partial charge in [0.25, 0.3) is 10.9 Å². The van der Waals surface area contributed by atoms with Gasteiger partial charge in [0, 0.05) is 11.1 Å². The molecule has 0 spiro atoms. The van der Waals surface area contributed by atoms with Crippen molar-refractivity contribution in [3.05, 3.63) is 70.0 Å². The van der Waals surface area contributed by atoms with E-state index in [2.05, 4.69) is 4.84 Å². The number of halogens is 1. The third-order valence-electron chi connectivity index (χ3n) is 3.47. The van der Waals surface area contributed by atoms with E-state index in [1.54, 1.807) is 30.3 Å². The van der Waals surface area contributed by atoms with E-state index in [-0.39, 0.29) is 18.8 Å². The predicted octanol–water partition coefficient (Wildman–Crippen LogP) is 3.21. The van der Waals surface area contributed by atoms with Crippen LogP contribution in [0.1, 0.15) is 23.2 Å². The van der Waals surface area contributed by atoms with Crippen molar-refractivity contribution in [1.82, 2.24) is 0 Å². The molecular formula is C18H16FNO6. The number of unbranched alkanes of at least 4 members (excludes halogenated alkanes) is 1. The molecule has 0 aromatic heterocycles. The van der Waals surface area contributed by atoms with Gasteiger partial charge in [-0.1, -0.05) is 36.4 Å². The Balaban J connectivity index is 1.90. The average molecular weight is 361 g/mol. The van der Waals surface area contributed by atoms with E-state index in [0.717, 1.165) is 6.07 Å². The summed E-state index contributed by atoms with van der Waals surface area (Å²) in [5.74, 6) is -2.68. The summed E-state index contributed by atoms with van der Waals surface area (Å²) < 4.78 is 19.0. The van der Waals surface area contributed by atoms with E-state index in [1.165, 1.54) is 12.1 Å². The summed E-state index contributed by atoms with van der Waals surface area (Å²) in [6, 6.07) is 12.6. The second-order valence-electron chi connectivity index (χ2n) is 5.29. The van der Waals surface area contributed by atoms with E-state index in [9.17, 15) is 24.1 Å². The highest BCUT2D eigenvalue weighted by Gasteiger charge is 2.19. The molecule has 0 fully saturated rings. The normalized spacial score (nSPS) is 10.2. The molecular weight excluding hydrogens is 345 g/mol. The molecule has 26 heavy (non-hydrogen) atoms. The molecule has 0 aliphatic heterocycles. The number of carbonyl (C=O) groups excluding carboxylic acids is 2. The molecule has 2 rings (SSSR count). The second kappa shape index (κ2) is 9.26. The molecule has 0 aliphatic carbocycles. The van der Waals surface area contributed by atoms with Crippen molar-refractivity contribution in [2.45, 2.75) is 12.8 Å². The third kappa shape index (κ3) is 5.37. The summed E-state index contributed by atoms with van der Waals surface area (Å²) in [5, 5.41) is 9.04. The SMILES string of the molecule is O=C(OCCCCO[N+](=O)[O-])C(=O)c1ccc(-c2ccccc2)c(F)c1. The number of hydrogen-bond acceptors (Lipinski definition) is 6. The Morgan fingerprint density at radius 3 is 2.38 bits per heavy atom. The first-order valence-corrected chi connectivity index (χ1v) is 7.83. The van der Waals surface area contributed by atoms with Crippen LogP contribution in [0, 0.1) is 15.9 Å². The van der Waals surface area contributed by atoms with Gasteiger partial charge in [-0.2, -0.15) is 0 Å². The van der Waals surface area contributed by atoms with Gasteiger partial charge in [-0.25, -0.2) is 9.18 Å². The average Bonchev–Trinajstić information content (AvgIpc) is 2.64. The first kappa shape index (κ1) is 19.0. The van der Waals surface area contributed by atoms with Gasteiger partial charge in [0.05, 0.1) is 13.2 Å². The molecule has 2 aromatic carbocycles. The molecule has 8 heteroatoms. The van der Waals surface area contributed by atoms with E-state index in [1.807, 2.05) is 0 Å². The molecule has 0 N–H and O–H groups in total. The Kier molecular flexibility index (Phi) is 6.78. The molecule has 136 valence electrons. The largest absolute Gasteiger partial charge is 0.460 e. The van der Waals surface area contributed by atoms with Gasteiger partial charge in [-0.05, 0) is 30.5 Å². The van der Waals surface area contributed by atoms with Gasteiger partial charge in [0.15, 0.2) is 0 Å². The van der Waals surface area contributed by atoms with Crippen LogP contribution in [0.15, 0.2) is 48.5 Å². The number of nitrogens with zero attached hydrogens (tertiary/aromatic N) is 1. The summed E-state index contributed by atoms with van der Waals surface area (Å²) in [7, 11) is 0. The van der Waals surface area contributed by atoms with Gasteiger partial charge in [-0.3, -0.25) is 4.79 Å². The second-order valence-corrected chi connectivity index (χ2v) is 5.29. The summed E-state index contributed by atoms with van der Waals surface area (Å²) in [6.07, 6.45) is 0.594. The Morgan fingerprint density at radius 1 is 1.04 bits per heavy atom. The Morgan fingerprint density at radius 2 is 1.73 bits per heavy atom. The van der Waals surface area contributed by atoms with E-state index < -0.39 is 22.7 Å². The molecule has 0 bridgehead atoms. The molecule has 0 saturated carbocycles. The highest BCUT2D eigenvalue weighted by Crippen LogP contribution is 2.23. The van der Waals surface area contributed by atoms with E-state index in [4.69, 9.17) is 4.74 Å². The smallest absolute Gasteiger partial charge is 0.379 e. The highest BCUT2D eigenvalue weighted by molar-refractivity contribution is 6.40. The summed E-state index contributed by atoms with van der Waals surface area (Å²) in [4.78, 5) is 37.8. The number of ketones is 1. The standard InChI is InChI=1S/C18H16FNO6/c19-16-12-14(8-9-15(16)13-6-2-1-3-7-13)17(21)18(22)25-10-4-5-11-26-20(23)24/h1-3,6-9,12H,4-5,10-11H2. The van der Waals surface area contributed by atoms with Crippen molar-refractivity contribution in [2.24, 2.45) is 0 Å². The van der Waals surface area contributed by atoms with Crippen LogP contribution >= 0.6 is 0 Å². The summed E-state index contributed by atoms with van der Waals surface area (Å²) in [5.41, 5.74) is 0.869. The minimum atomic E-state index is -1.10. The highest BCUT2D eigenvalue weighted by atomic mass is 19.1. The molecule has 0 unspecified atom stereocenters. The number of esters is 1. The van der Waals surface area contributed by atoms with Crippen LogP contribution in [0.2, 0.25) is 0 Å². The van der Waals surface area contributed by atoms with Gasteiger partial charge in [-0.15, -0.1) is 10.1 Å². The van der Waals surface area contributed by atoms with E-state index >= 15 is 0 Å². The zero-order valence-corrected chi connectivity index (χ0v) is 13.7. The van der Waals surface area contributed by atoms with Crippen LogP contribution < -0.4 is 0 Å². The van der Waals surface area contributed by atoms with Crippen molar-refractivity contribution >= 4 is 11.8 Å². The fourth-order valence-corrected chi connectivity index (χ4v) is 2.20. The number of carbonyl (C=O) groups is 2. The van der Waals surface area contributed by atoms with Gasteiger partial charge >= 0.3 is 5.97 Å². The fraction of sp³-hybridized carbons (Fsp3) is 0.222. The zero-order valence-electron chi connectivity index (χ0n) is 13.7. The van der Waals surface area contributed by atoms with Gasteiger partial charge < -0.3 is 9.57 Å². The fourth-order valence-electron chi connectivity index (χ4n) is 2.20. The van der Waals surface area contributed by atoms with Gasteiger partial charge in [0.1, 0.15) is 5.82 Å². The number of rotatable bonds is 9. The number of benzene rings is 2. The third-order valence-corrected chi connectivity index (χ3v) is 3.47. The maximum atomic E-state index is 14.2. The Hall–Kier alpha value is -3.29. The lowest BCUT2D eigenvalue weighted by Crippen LogP contribution is -2.18. The minimum absolute atomic E-state index is 0.0871. The molecule has 0 saturated heterocycles. The summed E-state index contributed by atoms with van der Waals surface area (Å²) >= 11 is 0. The number of Topliss-reactive ketones (excluding diaryl/α,β-unsaturated/α-hetero) is 1. The van der Waals surface area contributed by atoms with Crippen molar-refractivity contribution < 1.29 is 28.6 Å². The Bertz CT molecular complexity index is 794. The monoisotopic (exact) mass is 361 g/mol. The first-order chi connectivity index (χ1) is 12.5. The molecule has 2 aromatic rings. The lowest BCUT2D eigenvalue weighted by atomic mass is 10.0. The molecule has 0 atom stereocenters. The topological polar surface area (TPSA) is 95.7 Å². The zero-order chi connectivity index (χ0) is 18.9.